The van der Waals surface area contributed by atoms with Crippen LogP contribution in [0.1, 0.15) is 12.8 Å². The third-order valence-electron chi connectivity index (χ3n) is 2.75. The molecule has 0 unspecified atom stereocenters. The number of carbonyl (C=O) groups is 1. The molecule has 2 rings (SSSR count). The molecule has 1 aromatic heterocycles. The van der Waals surface area contributed by atoms with Crippen LogP contribution in [0.3, 0.4) is 0 Å². The normalized spacial score (nSPS) is 10.7. The summed E-state index contributed by atoms with van der Waals surface area (Å²) in [6, 6.07) is 6.69. The molecule has 0 spiro atoms. The van der Waals surface area contributed by atoms with E-state index in [0.29, 0.717) is 18.5 Å². The van der Waals surface area contributed by atoms with Crippen LogP contribution in [0.4, 0.5) is 5.69 Å². The Kier molecular flexibility index (Phi) is 3.27. The highest BCUT2D eigenvalue weighted by atomic mass is 16.6. The van der Waals surface area contributed by atoms with Crippen LogP contribution in [0.15, 0.2) is 30.5 Å². The van der Waals surface area contributed by atoms with Crippen molar-refractivity contribution in [1.82, 2.24) is 4.57 Å². The summed E-state index contributed by atoms with van der Waals surface area (Å²) in [4.78, 5) is 21.0. The number of hydrogen-bond donors (Lipinski definition) is 1. The smallest absolute Gasteiger partial charge is 0.303 e. The highest BCUT2D eigenvalue weighted by molar-refractivity contribution is 5.88. The van der Waals surface area contributed by atoms with E-state index < -0.39 is 10.9 Å². The van der Waals surface area contributed by atoms with Crippen LogP contribution in [-0.2, 0) is 11.3 Å². The highest BCUT2D eigenvalue weighted by Crippen LogP contribution is 2.26. The number of nitrogens with zero attached hydrogens (tertiary/aromatic N) is 2. The summed E-state index contributed by atoms with van der Waals surface area (Å²) in [6.45, 7) is 0.459. The number of aliphatic carboxylic acids is 1. The Morgan fingerprint density at radius 1 is 1.39 bits per heavy atom. The van der Waals surface area contributed by atoms with E-state index in [4.69, 9.17) is 5.11 Å². The zero-order valence-electron chi connectivity index (χ0n) is 9.57. The Morgan fingerprint density at radius 2 is 2.17 bits per heavy atom. The average molecular weight is 248 g/mol. The predicted octanol–water partition coefficient (Wildman–Crippen LogP) is 2.41. The highest BCUT2D eigenvalue weighted by Gasteiger charge is 2.15. The van der Waals surface area contributed by atoms with Gasteiger partial charge < -0.3 is 9.67 Å². The molecule has 0 aliphatic heterocycles. The first kappa shape index (κ1) is 12.1. The number of carboxylic acid groups (broad SMARTS) is 1. The Morgan fingerprint density at radius 3 is 2.83 bits per heavy atom. The summed E-state index contributed by atoms with van der Waals surface area (Å²) in [5, 5.41) is 20.3. The van der Waals surface area contributed by atoms with E-state index in [9.17, 15) is 14.9 Å². The molecule has 1 heterocycles. The van der Waals surface area contributed by atoms with E-state index in [1.807, 2.05) is 0 Å². The van der Waals surface area contributed by atoms with Crippen LogP contribution in [0.5, 0.6) is 0 Å². The van der Waals surface area contributed by atoms with Crippen molar-refractivity contribution >= 4 is 22.6 Å². The van der Waals surface area contributed by atoms with Crippen LogP contribution in [0, 0.1) is 10.1 Å². The summed E-state index contributed by atoms with van der Waals surface area (Å²) in [7, 11) is 0. The lowest BCUT2D eigenvalue weighted by molar-refractivity contribution is -0.383. The number of carboxylic acids is 1. The van der Waals surface area contributed by atoms with Gasteiger partial charge in [0, 0.05) is 30.6 Å². The minimum absolute atomic E-state index is 0.0489. The Labute approximate surface area is 103 Å². The van der Waals surface area contributed by atoms with Crippen molar-refractivity contribution in [3.05, 3.63) is 40.6 Å². The number of aromatic nitrogens is 1. The van der Waals surface area contributed by atoms with Gasteiger partial charge in [-0.1, -0.05) is 12.1 Å². The van der Waals surface area contributed by atoms with E-state index in [-0.39, 0.29) is 12.1 Å². The number of nitro benzene ring substituents is 1. The van der Waals surface area contributed by atoms with Gasteiger partial charge in [-0.15, -0.1) is 0 Å². The standard InChI is InChI=1S/C12H12N2O4/c15-11(16)5-2-7-13-8-6-9-3-1-4-10(12(9)13)14(17)18/h1,3-4,6,8H,2,5,7H2,(H,15,16). The van der Waals surface area contributed by atoms with Crippen LogP contribution in [0.25, 0.3) is 10.9 Å². The molecular weight excluding hydrogens is 236 g/mol. The topological polar surface area (TPSA) is 85.4 Å². The fourth-order valence-corrected chi connectivity index (χ4v) is 1.98. The van der Waals surface area contributed by atoms with Crippen molar-refractivity contribution in [2.24, 2.45) is 0 Å². The van der Waals surface area contributed by atoms with E-state index in [0.717, 1.165) is 5.39 Å². The number of fused-ring (bicyclic) bond motifs is 1. The molecular formula is C12H12N2O4. The van der Waals surface area contributed by atoms with Crippen molar-refractivity contribution in [1.29, 1.82) is 0 Å². The summed E-state index contributed by atoms with van der Waals surface area (Å²) in [6.07, 6.45) is 2.25. The van der Waals surface area contributed by atoms with E-state index in [1.165, 1.54) is 6.07 Å². The van der Waals surface area contributed by atoms with Crippen LogP contribution in [0.2, 0.25) is 0 Å². The molecule has 0 aliphatic rings. The van der Waals surface area contributed by atoms with Gasteiger partial charge in [-0.3, -0.25) is 14.9 Å². The number of hydrogen-bond acceptors (Lipinski definition) is 3. The molecule has 1 N–H and O–H groups in total. The van der Waals surface area contributed by atoms with Crippen LogP contribution < -0.4 is 0 Å². The van der Waals surface area contributed by atoms with Gasteiger partial charge >= 0.3 is 5.97 Å². The Balaban J connectivity index is 2.33. The van der Waals surface area contributed by atoms with Gasteiger partial charge in [-0.25, -0.2) is 0 Å². The first-order valence-electron chi connectivity index (χ1n) is 5.53. The van der Waals surface area contributed by atoms with Gasteiger partial charge in [0.25, 0.3) is 5.69 Å². The molecule has 94 valence electrons. The Hall–Kier alpha value is -2.37. The first-order chi connectivity index (χ1) is 8.59. The van der Waals surface area contributed by atoms with Crippen molar-refractivity contribution in [3.63, 3.8) is 0 Å². The summed E-state index contributed by atoms with van der Waals surface area (Å²) >= 11 is 0. The molecule has 0 aliphatic carbocycles. The van der Waals surface area contributed by atoms with Gasteiger partial charge in [-0.05, 0) is 12.5 Å². The molecule has 0 saturated heterocycles. The largest absolute Gasteiger partial charge is 0.481 e. The molecule has 18 heavy (non-hydrogen) atoms. The quantitative estimate of drug-likeness (QED) is 0.650. The second kappa shape index (κ2) is 4.87. The number of non-ortho nitro benzene ring substituents is 1. The van der Waals surface area contributed by atoms with E-state index in [1.54, 1.807) is 29.0 Å². The molecule has 1 aromatic carbocycles. The number of benzene rings is 1. The van der Waals surface area contributed by atoms with Gasteiger partial charge in [0.05, 0.1) is 4.92 Å². The van der Waals surface area contributed by atoms with Gasteiger partial charge in [0.15, 0.2) is 0 Å². The van der Waals surface area contributed by atoms with Crippen molar-refractivity contribution in [2.45, 2.75) is 19.4 Å². The zero-order valence-corrected chi connectivity index (χ0v) is 9.57. The fraction of sp³-hybridized carbons (Fsp3) is 0.250. The fourth-order valence-electron chi connectivity index (χ4n) is 1.98. The molecule has 0 saturated carbocycles. The molecule has 0 amide bonds. The van der Waals surface area contributed by atoms with Gasteiger partial charge in [0.1, 0.15) is 5.52 Å². The summed E-state index contributed by atoms with van der Waals surface area (Å²) in [5.41, 5.74) is 0.598. The van der Waals surface area contributed by atoms with Crippen molar-refractivity contribution in [2.75, 3.05) is 0 Å². The third-order valence-corrected chi connectivity index (χ3v) is 2.75. The first-order valence-corrected chi connectivity index (χ1v) is 5.53. The molecule has 0 atom stereocenters. The number of rotatable bonds is 5. The third kappa shape index (κ3) is 2.32. The second-order valence-corrected chi connectivity index (χ2v) is 3.98. The number of aryl methyl sites for hydroxylation is 1. The van der Waals surface area contributed by atoms with Crippen LogP contribution >= 0.6 is 0 Å². The summed E-state index contributed by atoms with van der Waals surface area (Å²) in [5.74, 6) is -0.860. The summed E-state index contributed by atoms with van der Waals surface area (Å²) < 4.78 is 1.73. The van der Waals surface area contributed by atoms with Gasteiger partial charge in [0.2, 0.25) is 0 Å². The molecule has 0 bridgehead atoms. The van der Waals surface area contributed by atoms with Crippen molar-refractivity contribution in [3.8, 4) is 0 Å². The lowest BCUT2D eigenvalue weighted by Gasteiger charge is -2.04. The van der Waals surface area contributed by atoms with Crippen molar-refractivity contribution < 1.29 is 14.8 Å². The molecule has 6 heteroatoms. The molecule has 6 nitrogen and oxygen atoms in total. The van der Waals surface area contributed by atoms with E-state index >= 15 is 0 Å². The maximum Gasteiger partial charge on any atom is 0.303 e. The van der Waals surface area contributed by atoms with E-state index in [2.05, 4.69) is 0 Å². The zero-order chi connectivity index (χ0) is 13.1. The minimum Gasteiger partial charge on any atom is -0.481 e. The maximum atomic E-state index is 10.9. The SMILES string of the molecule is O=C(O)CCCn1ccc2cccc([N+](=O)[O-])c21. The number of para-hydroxylation sites is 1. The predicted molar refractivity (Wildman–Crippen MR) is 65.5 cm³/mol. The lowest BCUT2D eigenvalue weighted by atomic mass is 10.2. The lowest BCUT2D eigenvalue weighted by Crippen LogP contribution is -2.02. The maximum absolute atomic E-state index is 10.9. The minimum atomic E-state index is -0.860. The second-order valence-electron chi connectivity index (χ2n) is 3.98. The molecule has 0 radical (unpaired) electrons. The average Bonchev–Trinajstić information content (AvgIpc) is 2.72. The monoisotopic (exact) mass is 248 g/mol. The molecule has 2 aromatic rings. The van der Waals surface area contributed by atoms with Crippen LogP contribution in [-0.4, -0.2) is 20.6 Å². The molecule has 0 fully saturated rings. The Bertz CT molecular complexity index is 603. The number of nitro groups is 1. The van der Waals surface area contributed by atoms with Gasteiger partial charge in [-0.2, -0.15) is 0 Å².